The zero-order chi connectivity index (χ0) is 13.6. The minimum atomic E-state index is -0.829. The molecule has 0 spiro atoms. The predicted molar refractivity (Wildman–Crippen MR) is 71.3 cm³/mol. The van der Waals surface area contributed by atoms with Crippen molar-refractivity contribution < 1.29 is 9.90 Å². The van der Waals surface area contributed by atoms with E-state index in [1.807, 2.05) is 0 Å². The maximum absolute atomic E-state index is 11.2. The van der Waals surface area contributed by atoms with Crippen molar-refractivity contribution in [2.24, 2.45) is 5.92 Å². The lowest BCUT2D eigenvalue weighted by Gasteiger charge is -2.32. The Bertz CT molecular complexity index is 242. The number of rotatable bonds is 8. The van der Waals surface area contributed by atoms with Crippen molar-refractivity contribution in [1.82, 2.24) is 10.2 Å². The molecule has 102 valence electrons. The zero-order valence-corrected chi connectivity index (χ0v) is 12.1. The third-order valence-electron chi connectivity index (χ3n) is 3.25. The smallest absolute Gasteiger partial charge is 0.323 e. The van der Waals surface area contributed by atoms with Crippen LogP contribution in [0.2, 0.25) is 0 Å². The normalized spacial score (nSPS) is 15.6. The van der Waals surface area contributed by atoms with Gasteiger partial charge < -0.3 is 15.3 Å². The molecular formula is C13H28N2O2. The number of aliphatic carboxylic acids is 1. The summed E-state index contributed by atoms with van der Waals surface area (Å²) in [5, 5.41) is 12.1. The molecular weight excluding hydrogens is 216 g/mol. The van der Waals surface area contributed by atoms with Crippen molar-refractivity contribution in [3.05, 3.63) is 0 Å². The number of hydrogen-bond acceptors (Lipinski definition) is 3. The van der Waals surface area contributed by atoms with Crippen LogP contribution >= 0.6 is 0 Å². The lowest BCUT2D eigenvalue weighted by Crippen LogP contribution is -2.50. The lowest BCUT2D eigenvalue weighted by molar-refractivity contribution is -0.144. The SMILES string of the molecule is CNC(C)(CCN(CC(C)C)C(C)C)C(=O)O. The molecule has 0 bridgehead atoms. The Balaban J connectivity index is 4.43. The van der Waals surface area contributed by atoms with Crippen LogP contribution in [-0.4, -0.2) is 47.7 Å². The highest BCUT2D eigenvalue weighted by Gasteiger charge is 2.31. The van der Waals surface area contributed by atoms with Crippen molar-refractivity contribution in [3.63, 3.8) is 0 Å². The van der Waals surface area contributed by atoms with Gasteiger partial charge in [0, 0.05) is 19.1 Å². The summed E-state index contributed by atoms with van der Waals surface area (Å²) in [5.41, 5.74) is -0.829. The summed E-state index contributed by atoms with van der Waals surface area (Å²) in [4.78, 5) is 13.5. The summed E-state index contributed by atoms with van der Waals surface area (Å²) in [5.74, 6) is -0.184. The molecule has 0 aliphatic carbocycles. The van der Waals surface area contributed by atoms with Crippen molar-refractivity contribution in [2.45, 2.75) is 52.6 Å². The maximum Gasteiger partial charge on any atom is 0.323 e. The maximum atomic E-state index is 11.2. The van der Waals surface area contributed by atoms with Crippen LogP contribution in [0.5, 0.6) is 0 Å². The summed E-state index contributed by atoms with van der Waals surface area (Å²) in [6, 6.07) is 0.451. The molecule has 0 aliphatic rings. The van der Waals surface area contributed by atoms with Crippen LogP contribution in [0.25, 0.3) is 0 Å². The lowest BCUT2D eigenvalue weighted by atomic mass is 9.97. The van der Waals surface area contributed by atoms with Crippen LogP contribution in [0.3, 0.4) is 0 Å². The molecule has 1 unspecified atom stereocenters. The van der Waals surface area contributed by atoms with Gasteiger partial charge in [0.2, 0.25) is 0 Å². The quantitative estimate of drug-likeness (QED) is 0.683. The number of hydrogen-bond donors (Lipinski definition) is 2. The summed E-state index contributed by atoms with van der Waals surface area (Å²) in [6.45, 7) is 12.2. The van der Waals surface area contributed by atoms with E-state index in [1.165, 1.54) is 0 Å². The van der Waals surface area contributed by atoms with E-state index < -0.39 is 11.5 Å². The number of likely N-dealkylation sites (N-methyl/N-ethyl adjacent to an activating group) is 1. The first kappa shape index (κ1) is 16.4. The van der Waals surface area contributed by atoms with Gasteiger partial charge in [-0.3, -0.25) is 4.79 Å². The average molecular weight is 244 g/mol. The third-order valence-corrected chi connectivity index (χ3v) is 3.25. The van der Waals surface area contributed by atoms with E-state index >= 15 is 0 Å². The van der Waals surface area contributed by atoms with Crippen LogP contribution in [0.1, 0.15) is 41.0 Å². The highest BCUT2D eigenvalue weighted by Crippen LogP contribution is 2.13. The number of carboxylic acid groups (broad SMARTS) is 1. The van der Waals surface area contributed by atoms with Gasteiger partial charge in [-0.15, -0.1) is 0 Å². The molecule has 4 heteroatoms. The van der Waals surface area contributed by atoms with E-state index in [9.17, 15) is 9.90 Å². The first-order valence-corrected chi connectivity index (χ1v) is 6.39. The molecule has 0 amide bonds. The minimum Gasteiger partial charge on any atom is -0.480 e. The van der Waals surface area contributed by atoms with Crippen LogP contribution in [0, 0.1) is 5.92 Å². The highest BCUT2D eigenvalue weighted by molar-refractivity contribution is 5.78. The second-order valence-electron chi connectivity index (χ2n) is 5.62. The molecule has 1 atom stereocenters. The van der Waals surface area contributed by atoms with E-state index in [2.05, 4.69) is 37.9 Å². The Hall–Kier alpha value is -0.610. The van der Waals surface area contributed by atoms with Gasteiger partial charge in [0.25, 0.3) is 0 Å². The monoisotopic (exact) mass is 244 g/mol. The first-order valence-electron chi connectivity index (χ1n) is 6.39. The zero-order valence-electron chi connectivity index (χ0n) is 12.1. The first-order chi connectivity index (χ1) is 7.73. The van der Waals surface area contributed by atoms with Crippen molar-refractivity contribution in [2.75, 3.05) is 20.1 Å². The van der Waals surface area contributed by atoms with Gasteiger partial charge in [0.15, 0.2) is 0 Å². The van der Waals surface area contributed by atoms with Crippen LogP contribution < -0.4 is 5.32 Å². The fourth-order valence-corrected chi connectivity index (χ4v) is 1.74. The van der Waals surface area contributed by atoms with E-state index in [1.54, 1.807) is 14.0 Å². The van der Waals surface area contributed by atoms with Crippen LogP contribution in [0.4, 0.5) is 0 Å². The van der Waals surface area contributed by atoms with Crippen molar-refractivity contribution in [1.29, 1.82) is 0 Å². The molecule has 0 saturated carbocycles. The molecule has 0 aliphatic heterocycles. The molecule has 0 saturated heterocycles. The topological polar surface area (TPSA) is 52.6 Å². The van der Waals surface area contributed by atoms with Gasteiger partial charge in [0.1, 0.15) is 5.54 Å². The van der Waals surface area contributed by atoms with E-state index in [4.69, 9.17) is 0 Å². The van der Waals surface area contributed by atoms with Gasteiger partial charge in [-0.1, -0.05) is 13.8 Å². The Kier molecular flexibility index (Phi) is 6.72. The van der Waals surface area contributed by atoms with E-state index in [0.717, 1.165) is 13.1 Å². The Morgan fingerprint density at radius 2 is 1.88 bits per heavy atom. The highest BCUT2D eigenvalue weighted by atomic mass is 16.4. The molecule has 0 radical (unpaired) electrons. The van der Waals surface area contributed by atoms with Crippen LogP contribution in [-0.2, 0) is 4.79 Å². The van der Waals surface area contributed by atoms with Gasteiger partial charge in [-0.05, 0) is 40.2 Å². The molecule has 0 aromatic carbocycles. The number of nitrogens with one attached hydrogen (secondary N) is 1. The third kappa shape index (κ3) is 5.50. The molecule has 0 fully saturated rings. The molecule has 0 aromatic heterocycles. The summed E-state index contributed by atoms with van der Waals surface area (Å²) in [7, 11) is 1.70. The second-order valence-corrected chi connectivity index (χ2v) is 5.62. The second kappa shape index (κ2) is 6.97. The van der Waals surface area contributed by atoms with Gasteiger partial charge >= 0.3 is 5.97 Å². The molecule has 2 N–H and O–H groups in total. The van der Waals surface area contributed by atoms with E-state index in [0.29, 0.717) is 18.4 Å². The molecule has 0 aromatic rings. The summed E-state index contributed by atoms with van der Waals surface area (Å²) in [6.07, 6.45) is 0.615. The fraction of sp³-hybridized carbons (Fsp3) is 0.923. The van der Waals surface area contributed by atoms with Gasteiger partial charge in [-0.2, -0.15) is 0 Å². The number of carbonyl (C=O) groups is 1. The standard InChI is InChI=1S/C13H28N2O2/c1-10(2)9-15(11(3)4)8-7-13(5,14-6)12(16)17/h10-11,14H,7-9H2,1-6H3,(H,16,17). The summed E-state index contributed by atoms with van der Waals surface area (Å²) < 4.78 is 0. The van der Waals surface area contributed by atoms with Crippen molar-refractivity contribution >= 4 is 5.97 Å². The number of carboxylic acids is 1. The minimum absolute atomic E-state index is 0.451. The largest absolute Gasteiger partial charge is 0.480 e. The molecule has 17 heavy (non-hydrogen) atoms. The fourth-order valence-electron chi connectivity index (χ4n) is 1.74. The molecule has 4 nitrogen and oxygen atoms in total. The van der Waals surface area contributed by atoms with E-state index in [-0.39, 0.29) is 0 Å². The van der Waals surface area contributed by atoms with Crippen LogP contribution in [0.15, 0.2) is 0 Å². The number of nitrogens with zero attached hydrogens (tertiary/aromatic N) is 1. The summed E-state index contributed by atoms with van der Waals surface area (Å²) >= 11 is 0. The van der Waals surface area contributed by atoms with Gasteiger partial charge in [0.05, 0.1) is 0 Å². The van der Waals surface area contributed by atoms with Gasteiger partial charge in [-0.25, -0.2) is 0 Å². The average Bonchev–Trinajstić information content (AvgIpc) is 2.22. The molecule has 0 heterocycles. The predicted octanol–water partition coefficient (Wildman–Crippen LogP) is 1.81. The Labute approximate surface area is 105 Å². The Morgan fingerprint density at radius 3 is 2.18 bits per heavy atom. The Morgan fingerprint density at radius 1 is 1.35 bits per heavy atom. The molecule has 0 rings (SSSR count). The van der Waals surface area contributed by atoms with Crippen molar-refractivity contribution in [3.8, 4) is 0 Å².